The summed E-state index contributed by atoms with van der Waals surface area (Å²) >= 11 is 1.67. The van der Waals surface area contributed by atoms with Gasteiger partial charge in [-0.05, 0) is 30.7 Å². The molecular weight excluding hydrogens is 239 g/mol. The summed E-state index contributed by atoms with van der Waals surface area (Å²) in [4.78, 5) is 11.6. The molecule has 1 heterocycles. The minimum absolute atomic E-state index is 0.341. The van der Waals surface area contributed by atoms with E-state index in [1.165, 1.54) is 6.07 Å². The van der Waals surface area contributed by atoms with Crippen LogP contribution in [0.3, 0.4) is 0 Å². The number of hydrogen-bond acceptors (Lipinski definition) is 3. The van der Waals surface area contributed by atoms with Crippen molar-refractivity contribution in [1.29, 1.82) is 0 Å². The van der Waals surface area contributed by atoms with Gasteiger partial charge in [0.05, 0.1) is 5.69 Å². The molecule has 1 fully saturated rings. The van der Waals surface area contributed by atoms with Crippen LogP contribution in [0, 0.1) is 5.82 Å². The molecular formula is C12H15FN2OS. The van der Waals surface area contributed by atoms with Gasteiger partial charge in [0, 0.05) is 5.75 Å². The molecule has 0 saturated carbocycles. The van der Waals surface area contributed by atoms with Crippen molar-refractivity contribution in [1.82, 2.24) is 0 Å². The van der Waals surface area contributed by atoms with Gasteiger partial charge in [-0.15, -0.1) is 0 Å². The van der Waals surface area contributed by atoms with Gasteiger partial charge in [0.25, 0.3) is 0 Å². The summed E-state index contributed by atoms with van der Waals surface area (Å²) in [5.41, 5.74) is 4.99. The molecule has 1 aromatic carbocycles. The largest absolute Gasteiger partial charge is 0.368 e. The second kappa shape index (κ2) is 4.96. The summed E-state index contributed by atoms with van der Waals surface area (Å²) in [5.74, 6) is 0.849. The first-order valence-corrected chi connectivity index (χ1v) is 6.70. The summed E-state index contributed by atoms with van der Waals surface area (Å²) in [6.07, 6.45) is 1.57. The van der Waals surface area contributed by atoms with Crippen molar-refractivity contribution < 1.29 is 9.18 Å². The summed E-state index contributed by atoms with van der Waals surface area (Å²) in [6.45, 7) is 0. The van der Waals surface area contributed by atoms with Crippen molar-refractivity contribution in [2.75, 3.05) is 16.8 Å². The molecule has 3 nitrogen and oxygen atoms in total. The Morgan fingerprint density at radius 1 is 1.47 bits per heavy atom. The number of halogens is 1. The normalized spacial score (nSPS) is 24.3. The fraction of sp³-hybridized carbons (Fsp3) is 0.417. The highest BCUT2D eigenvalue weighted by atomic mass is 32.2. The van der Waals surface area contributed by atoms with Gasteiger partial charge in [0.15, 0.2) is 0 Å². The Kier molecular flexibility index (Phi) is 3.57. The number of anilines is 1. The van der Waals surface area contributed by atoms with Crippen molar-refractivity contribution in [2.45, 2.75) is 18.4 Å². The molecule has 1 atom stereocenters. The molecule has 1 aromatic rings. The van der Waals surface area contributed by atoms with E-state index in [1.54, 1.807) is 30.0 Å². The molecule has 0 aliphatic carbocycles. The van der Waals surface area contributed by atoms with E-state index in [0.29, 0.717) is 17.9 Å². The Morgan fingerprint density at radius 3 is 2.82 bits per heavy atom. The molecule has 3 N–H and O–H groups in total. The third kappa shape index (κ3) is 2.54. The number of carbonyl (C=O) groups is 1. The van der Waals surface area contributed by atoms with Crippen LogP contribution in [0.1, 0.15) is 12.8 Å². The fourth-order valence-corrected chi connectivity index (χ4v) is 3.17. The van der Waals surface area contributed by atoms with Crippen LogP contribution >= 0.6 is 11.8 Å². The lowest BCUT2D eigenvalue weighted by Gasteiger charge is -2.35. The third-order valence-corrected chi connectivity index (χ3v) is 4.23. The minimum Gasteiger partial charge on any atom is -0.368 e. The Hall–Kier alpha value is -1.23. The molecule has 1 amide bonds. The van der Waals surface area contributed by atoms with Gasteiger partial charge in [0.2, 0.25) is 5.91 Å². The highest BCUT2D eigenvalue weighted by molar-refractivity contribution is 7.99. The maximum absolute atomic E-state index is 13.6. The minimum atomic E-state index is -0.814. The molecule has 92 valence electrons. The van der Waals surface area contributed by atoms with Gasteiger partial charge >= 0.3 is 0 Å². The number of hydrogen-bond donors (Lipinski definition) is 2. The van der Waals surface area contributed by atoms with Gasteiger partial charge in [-0.3, -0.25) is 4.79 Å². The van der Waals surface area contributed by atoms with Gasteiger partial charge < -0.3 is 11.1 Å². The van der Waals surface area contributed by atoms with Crippen LogP contribution in [0.4, 0.5) is 10.1 Å². The van der Waals surface area contributed by atoms with E-state index in [1.807, 2.05) is 0 Å². The first kappa shape index (κ1) is 12.2. The molecule has 0 bridgehead atoms. The van der Waals surface area contributed by atoms with Crippen molar-refractivity contribution in [3.05, 3.63) is 30.1 Å². The zero-order chi connectivity index (χ0) is 12.3. The fourth-order valence-electron chi connectivity index (χ4n) is 1.97. The zero-order valence-corrected chi connectivity index (χ0v) is 10.2. The second-order valence-corrected chi connectivity index (χ2v) is 5.31. The highest BCUT2D eigenvalue weighted by Crippen LogP contribution is 2.30. The topological polar surface area (TPSA) is 55.1 Å². The van der Waals surface area contributed by atoms with Gasteiger partial charge in [0.1, 0.15) is 11.4 Å². The Labute approximate surface area is 104 Å². The van der Waals surface area contributed by atoms with E-state index in [9.17, 15) is 9.18 Å². The number of para-hydroxylation sites is 1. The molecule has 1 aliphatic rings. The number of amides is 1. The first-order valence-electron chi connectivity index (χ1n) is 5.54. The average molecular weight is 254 g/mol. The SMILES string of the molecule is NC(=O)C1(Nc2ccccc2F)CCCSC1. The summed E-state index contributed by atoms with van der Waals surface area (Å²) in [6, 6.07) is 6.34. The van der Waals surface area contributed by atoms with Crippen molar-refractivity contribution in [2.24, 2.45) is 5.73 Å². The van der Waals surface area contributed by atoms with Gasteiger partial charge in [-0.2, -0.15) is 11.8 Å². The molecule has 2 rings (SSSR count). The van der Waals surface area contributed by atoms with E-state index >= 15 is 0 Å². The monoisotopic (exact) mass is 254 g/mol. The van der Waals surface area contributed by atoms with Gasteiger partial charge in [-0.1, -0.05) is 12.1 Å². The van der Waals surface area contributed by atoms with E-state index in [0.717, 1.165) is 12.2 Å². The van der Waals surface area contributed by atoms with Crippen LogP contribution in [-0.4, -0.2) is 23.0 Å². The van der Waals surface area contributed by atoms with Crippen LogP contribution in [-0.2, 0) is 4.79 Å². The lowest BCUT2D eigenvalue weighted by molar-refractivity contribution is -0.121. The Balaban J connectivity index is 2.24. The van der Waals surface area contributed by atoms with E-state index in [4.69, 9.17) is 5.73 Å². The summed E-state index contributed by atoms with van der Waals surface area (Å²) in [7, 11) is 0. The molecule has 0 radical (unpaired) electrons. The maximum Gasteiger partial charge on any atom is 0.243 e. The lowest BCUT2D eigenvalue weighted by Crippen LogP contribution is -2.54. The number of rotatable bonds is 3. The lowest BCUT2D eigenvalue weighted by atomic mass is 9.94. The summed E-state index contributed by atoms with van der Waals surface area (Å²) in [5, 5.41) is 2.99. The van der Waals surface area contributed by atoms with Crippen LogP contribution in [0.5, 0.6) is 0 Å². The van der Waals surface area contributed by atoms with Crippen LogP contribution in [0.25, 0.3) is 0 Å². The van der Waals surface area contributed by atoms with E-state index < -0.39 is 11.4 Å². The van der Waals surface area contributed by atoms with Crippen LogP contribution in [0.15, 0.2) is 24.3 Å². The highest BCUT2D eigenvalue weighted by Gasteiger charge is 2.38. The number of carbonyl (C=O) groups excluding carboxylic acids is 1. The zero-order valence-electron chi connectivity index (χ0n) is 9.41. The van der Waals surface area contributed by atoms with Crippen LogP contribution < -0.4 is 11.1 Å². The van der Waals surface area contributed by atoms with Crippen molar-refractivity contribution >= 4 is 23.4 Å². The number of nitrogens with two attached hydrogens (primary N) is 1. The van der Waals surface area contributed by atoms with E-state index in [2.05, 4.69) is 5.32 Å². The van der Waals surface area contributed by atoms with E-state index in [-0.39, 0.29) is 5.82 Å². The summed E-state index contributed by atoms with van der Waals surface area (Å²) < 4.78 is 13.6. The van der Waals surface area contributed by atoms with Crippen LogP contribution in [0.2, 0.25) is 0 Å². The molecule has 0 spiro atoms. The molecule has 1 saturated heterocycles. The second-order valence-electron chi connectivity index (χ2n) is 4.21. The van der Waals surface area contributed by atoms with Crippen molar-refractivity contribution in [3.63, 3.8) is 0 Å². The average Bonchev–Trinajstić information content (AvgIpc) is 2.33. The smallest absolute Gasteiger partial charge is 0.243 e. The maximum atomic E-state index is 13.6. The molecule has 5 heteroatoms. The first-order chi connectivity index (χ1) is 8.14. The number of benzene rings is 1. The quantitative estimate of drug-likeness (QED) is 0.867. The standard InChI is InChI=1S/C12H15FN2OS/c13-9-4-1-2-5-10(9)15-12(11(14)16)6-3-7-17-8-12/h1-2,4-5,15H,3,6-8H2,(H2,14,16). The predicted molar refractivity (Wildman–Crippen MR) is 68.5 cm³/mol. The number of thioether (sulfide) groups is 1. The third-order valence-electron chi connectivity index (χ3n) is 2.96. The molecule has 0 aromatic heterocycles. The predicted octanol–water partition coefficient (Wildman–Crippen LogP) is 1.99. The number of nitrogens with one attached hydrogen (secondary N) is 1. The number of primary amides is 1. The Bertz CT molecular complexity index is 419. The molecule has 1 unspecified atom stereocenters. The van der Waals surface area contributed by atoms with Crippen molar-refractivity contribution in [3.8, 4) is 0 Å². The molecule has 17 heavy (non-hydrogen) atoms. The Morgan fingerprint density at radius 2 is 2.24 bits per heavy atom. The van der Waals surface area contributed by atoms with Gasteiger partial charge in [-0.25, -0.2) is 4.39 Å². The molecule has 1 aliphatic heterocycles.